The van der Waals surface area contributed by atoms with Crippen LogP contribution in [0.4, 0.5) is 0 Å². The van der Waals surface area contributed by atoms with Crippen molar-refractivity contribution in [2.75, 3.05) is 6.61 Å². The minimum atomic E-state index is -1.01. The maximum Gasteiger partial charge on any atom is 0.320 e. The van der Waals surface area contributed by atoms with Gasteiger partial charge in [0.25, 0.3) is 0 Å². The van der Waals surface area contributed by atoms with Crippen LogP contribution in [0.5, 0.6) is 5.75 Å². The number of carbonyl (C=O) groups is 2. The lowest BCUT2D eigenvalue weighted by Crippen LogP contribution is -2.29. The van der Waals surface area contributed by atoms with E-state index in [1.807, 2.05) is 6.92 Å². The molecule has 1 aromatic rings. The first-order valence-electron chi connectivity index (χ1n) is 6.79. The van der Waals surface area contributed by atoms with Crippen molar-refractivity contribution < 1.29 is 19.4 Å². The number of ketones is 1. The summed E-state index contributed by atoms with van der Waals surface area (Å²) in [7, 11) is 0. The van der Waals surface area contributed by atoms with Gasteiger partial charge in [-0.3, -0.25) is 9.59 Å². The zero-order chi connectivity index (χ0) is 15.8. The Morgan fingerprint density at radius 2 is 2.10 bits per heavy atom. The van der Waals surface area contributed by atoms with Crippen molar-refractivity contribution in [3.05, 3.63) is 28.8 Å². The Bertz CT molecular complexity index is 504. The molecule has 1 rings (SSSR count). The fourth-order valence-electron chi connectivity index (χ4n) is 1.82. The number of aliphatic carboxylic acids is 1. The molecule has 6 heteroatoms. The molecule has 0 aromatic heterocycles. The molecule has 1 aromatic carbocycles. The molecule has 0 saturated heterocycles. The van der Waals surface area contributed by atoms with Gasteiger partial charge in [0.05, 0.1) is 0 Å². The summed E-state index contributed by atoms with van der Waals surface area (Å²) >= 11 is 5.84. The number of carboxylic acids is 1. The zero-order valence-electron chi connectivity index (χ0n) is 12.0. The van der Waals surface area contributed by atoms with Crippen LogP contribution in [-0.2, 0) is 9.59 Å². The Labute approximate surface area is 129 Å². The molecule has 1 atom stereocenters. The maximum absolute atomic E-state index is 11.7. The molecule has 116 valence electrons. The van der Waals surface area contributed by atoms with Crippen molar-refractivity contribution in [1.82, 2.24) is 0 Å². The number of hydrogen-bond donors (Lipinski definition) is 2. The summed E-state index contributed by atoms with van der Waals surface area (Å²) in [6.07, 6.45) is 1.96. The molecular weight excluding hydrogens is 294 g/mol. The lowest BCUT2D eigenvalue weighted by atomic mass is 10.1. The van der Waals surface area contributed by atoms with Gasteiger partial charge in [-0.2, -0.15) is 0 Å². The second-order valence-corrected chi connectivity index (χ2v) is 5.36. The van der Waals surface area contributed by atoms with Gasteiger partial charge in [0.1, 0.15) is 18.4 Å². The van der Waals surface area contributed by atoms with Gasteiger partial charge in [0, 0.05) is 11.4 Å². The van der Waals surface area contributed by atoms with Crippen LogP contribution in [0.25, 0.3) is 0 Å². The molecule has 0 saturated carbocycles. The van der Waals surface area contributed by atoms with E-state index in [1.54, 1.807) is 18.2 Å². The second-order valence-electron chi connectivity index (χ2n) is 4.93. The highest BCUT2D eigenvalue weighted by atomic mass is 35.5. The fraction of sp³-hybridized carbons (Fsp3) is 0.467. The van der Waals surface area contributed by atoms with Crippen molar-refractivity contribution in [3.8, 4) is 5.75 Å². The highest BCUT2D eigenvalue weighted by molar-refractivity contribution is 6.30. The van der Waals surface area contributed by atoms with Crippen molar-refractivity contribution >= 4 is 23.4 Å². The first-order valence-corrected chi connectivity index (χ1v) is 7.17. The van der Waals surface area contributed by atoms with Gasteiger partial charge in [-0.05, 0) is 43.5 Å². The van der Waals surface area contributed by atoms with Crippen molar-refractivity contribution in [2.24, 2.45) is 5.73 Å². The van der Waals surface area contributed by atoms with Gasteiger partial charge >= 0.3 is 5.97 Å². The average molecular weight is 314 g/mol. The molecule has 0 aliphatic rings. The molecule has 3 N–H and O–H groups in total. The van der Waals surface area contributed by atoms with E-state index in [1.165, 1.54) is 0 Å². The number of aryl methyl sites for hydroxylation is 1. The number of carboxylic acid groups (broad SMARTS) is 1. The van der Waals surface area contributed by atoms with E-state index in [4.69, 9.17) is 27.2 Å². The molecule has 0 aliphatic heterocycles. The normalized spacial score (nSPS) is 12.0. The van der Waals surface area contributed by atoms with E-state index in [0.717, 1.165) is 5.56 Å². The van der Waals surface area contributed by atoms with Gasteiger partial charge in [0.15, 0.2) is 5.78 Å². The van der Waals surface area contributed by atoms with E-state index in [2.05, 4.69) is 0 Å². The Hall–Kier alpha value is -1.59. The van der Waals surface area contributed by atoms with Gasteiger partial charge in [-0.25, -0.2) is 0 Å². The van der Waals surface area contributed by atoms with E-state index in [-0.39, 0.29) is 12.4 Å². The predicted molar refractivity (Wildman–Crippen MR) is 80.8 cm³/mol. The van der Waals surface area contributed by atoms with Gasteiger partial charge in [-0.1, -0.05) is 18.0 Å². The van der Waals surface area contributed by atoms with E-state index >= 15 is 0 Å². The molecule has 0 heterocycles. The van der Waals surface area contributed by atoms with Crippen LogP contribution in [-0.4, -0.2) is 29.5 Å². The van der Waals surface area contributed by atoms with Crippen LogP contribution in [0.3, 0.4) is 0 Å². The molecule has 0 fully saturated rings. The molecule has 0 aliphatic carbocycles. The van der Waals surface area contributed by atoms with Gasteiger partial charge in [-0.15, -0.1) is 0 Å². The maximum atomic E-state index is 11.7. The van der Waals surface area contributed by atoms with Crippen LogP contribution >= 0.6 is 11.6 Å². The molecule has 0 radical (unpaired) electrons. The summed E-state index contributed by atoms with van der Waals surface area (Å²) in [4.78, 5) is 22.2. The molecule has 5 nitrogen and oxygen atoms in total. The summed E-state index contributed by atoms with van der Waals surface area (Å²) in [5, 5.41) is 9.25. The number of nitrogens with two attached hydrogens (primary N) is 1. The third-order valence-electron chi connectivity index (χ3n) is 3.06. The van der Waals surface area contributed by atoms with Crippen molar-refractivity contribution in [2.45, 2.75) is 38.6 Å². The third-order valence-corrected chi connectivity index (χ3v) is 3.30. The van der Waals surface area contributed by atoms with Crippen LogP contribution in [0.2, 0.25) is 5.02 Å². The number of unbranched alkanes of at least 4 members (excludes halogenated alkanes) is 1. The predicted octanol–water partition coefficient (Wildman–Crippen LogP) is 2.57. The second kappa shape index (κ2) is 8.64. The molecule has 21 heavy (non-hydrogen) atoms. The molecule has 0 amide bonds. The van der Waals surface area contributed by atoms with E-state index < -0.39 is 12.0 Å². The van der Waals surface area contributed by atoms with Crippen molar-refractivity contribution in [3.63, 3.8) is 0 Å². The standard InChI is InChI=1S/C15H20ClNO4/c1-10-8-11(16)6-7-14(10)21-9-12(18)4-2-3-5-13(17)15(19)20/h6-8,13H,2-5,9,17H2,1H3,(H,19,20). The number of hydrogen-bond acceptors (Lipinski definition) is 4. The monoisotopic (exact) mass is 313 g/mol. The average Bonchev–Trinajstić information content (AvgIpc) is 2.42. The topological polar surface area (TPSA) is 89.6 Å². The lowest BCUT2D eigenvalue weighted by molar-refractivity contribution is -0.138. The summed E-state index contributed by atoms with van der Waals surface area (Å²) in [6, 6.07) is 4.36. The van der Waals surface area contributed by atoms with E-state index in [9.17, 15) is 9.59 Å². The molecular formula is C15H20ClNO4. The fourth-order valence-corrected chi connectivity index (χ4v) is 2.04. The summed E-state index contributed by atoms with van der Waals surface area (Å²) in [5.74, 6) is -0.392. The van der Waals surface area contributed by atoms with E-state index in [0.29, 0.717) is 36.5 Å². The Morgan fingerprint density at radius 3 is 2.71 bits per heavy atom. The SMILES string of the molecule is Cc1cc(Cl)ccc1OCC(=O)CCCCC(N)C(=O)O. The lowest BCUT2D eigenvalue weighted by Gasteiger charge is -2.09. The number of ether oxygens (including phenoxy) is 1. The Balaban J connectivity index is 2.24. The first kappa shape index (κ1) is 17.5. The minimum Gasteiger partial charge on any atom is -0.486 e. The van der Waals surface area contributed by atoms with Gasteiger partial charge in [0.2, 0.25) is 0 Å². The van der Waals surface area contributed by atoms with Crippen molar-refractivity contribution in [1.29, 1.82) is 0 Å². The van der Waals surface area contributed by atoms with Crippen LogP contribution in [0, 0.1) is 6.92 Å². The number of halogens is 1. The summed E-state index contributed by atoms with van der Waals surface area (Å²) < 4.78 is 5.44. The van der Waals surface area contributed by atoms with Gasteiger partial charge < -0.3 is 15.6 Å². The third kappa shape index (κ3) is 6.60. The van der Waals surface area contributed by atoms with Crippen LogP contribution in [0.1, 0.15) is 31.2 Å². The molecule has 0 bridgehead atoms. The Morgan fingerprint density at radius 1 is 1.38 bits per heavy atom. The van der Waals surface area contributed by atoms with Crippen LogP contribution < -0.4 is 10.5 Å². The zero-order valence-corrected chi connectivity index (χ0v) is 12.7. The van der Waals surface area contributed by atoms with Crippen LogP contribution in [0.15, 0.2) is 18.2 Å². The number of carbonyl (C=O) groups excluding carboxylic acids is 1. The largest absolute Gasteiger partial charge is 0.486 e. The molecule has 1 unspecified atom stereocenters. The highest BCUT2D eigenvalue weighted by Gasteiger charge is 2.11. The quantitative estimate of drug-likeness (QED) is 0.684. The number of rotatable bonds is 9. The number of Topliss-reactive ketones (excluding diaryl/α,β-unsaturated/α-hetero) is 1. The highest BCUT2D eigenvalue weighted by Crippen LogP contribution is 2.21. The number of benzene rings is 1. The smallest absolute Gasteiger partial charge is 0.320 e. The summed E-state index contributed by atoms with van der Waals surface area (Å²) in [6.45, 7) is 1.87. The first-order chi connectivity index (χ1) is 9.90. The Kier molecular flexibility index (Phi) is 7.19. The molecule has 0 spiro atoms. The summed E-state index contributed by atoms with van der Waals surface area (Å²) in [5.41, 5.74) is 6.25. The minimum absolute atomic E-state index is 0.00740.